The second-order valence-electron chi connectivity index (χ2n) is 2.31. The first-order valence-corrected chi connectivity index (χ1v) is 2.97. The van der Waals surface area contributed by atoms with Crippen molar-refractivity contribution in [2.75, 3.05) is 0 Å². The molecule has 0 aliphatic carbocycles. The van der Waals surface area contributed by atoms with Crippen molar-refractivity contribution in [3.8, 4) is 0 Å². The lowest BCUT2D eigenvalue weighted by Crippen LogP contribution is -1.88. The molecule has 0 unspecified atom stereocenters. The van der Waals surface area contributed by atoms with Crippen LogP contribution >= 0.6 is 0 Å². The molecular weight excluding hydrogens is 96.1 g/mol. The van der Waals surface area contributed by atoms with Gasteiger partial charge in [-0.15, -0.1) is 6.58 Å². The molecule has 0 nitrogen and oxygen atoms in total. The first kappa shape index (κ1) is 7.48. The number of hydrogen-bond donors (Lipinski definition) is 0. The third kappa shape index (κ3) is 2.62. The molecule has 8 heavy (non-hydrogen) atoms. The minimum atomic E-state index is 0.605. The monoisotopic (exact) mass is 110 g/mol. The van der Waals surface area contributed by atoms with Crippen LogP contribution in [0.3, 0.4) is 0 Å². The van der Waals surface area contributed by atoms with Crippen LogP contribution in [0, 0.1) is 5.92 Å². The third-order valence-electron chi connectivity index (χ3n) is 1.22. The van der Waals surface area contributed by atoms with Crippen molar-refractivity contribution in [1.82, 2.24) is 0 Å². The van der Waals surface area contributed by atoms with Crippen molar-refractivity contribution in [3.63, 3.8) is 0 Å². The number of allylic oxidation sites excluding steroid dienone is 2. The molecule has 0 atom stereocenters. The van der Waals surface area contributed by atoms with Gasteiger partial charge >= 0.3 is 0 Å². The Hall–Kier alpha value is -0.520. The highest BCUT2D eigenvalue weighted by atomic mass is 14.0. The Labute approximate surface area is 51.9 Å². The lowest BCUT2D eigenvalue weighted by molar-refractivity contribution is 0.752. The molecule has 0 bridgehead atoms. The fourth-order valence-corrected chi connectivity index (χ4v) is 0.421. The second kappa shape index (κ2) is 3.48. The van der Waals surface area contributed by atoms with Gasteiger partial charge in [-0.1, -0.05) is 32.1 Å². The lowest BCUT2D eigenvalue weighted by Gasteiger charge is -2.03. The van der Waals surface area contributed by atoms with Crippen molar-refractivity contribution in [2.45, 2.75) is 20.3 Å². The molecular formula is C8H14. The van der Waals surface area contributed by atoms with Gasteiger partial charge in [0.05, 0.1) is 0 Å². The van der Waals surface area contributed by atoms with Crippen LogP contribution in [0.15, 0.2) is 24.8 Å². The smallest absolute Gasteiger partial charge is 0.0142 e. The van der Waals surface area contributed by atoms with Crippen molar-refractivity contribution in [2.24, 2.45) is 5.92 Å². The predicted octanol–water partition coefficient (Wildman–Crippen LogP) is 2.77. The van der Waals surface area contributed by atoms with E-state index in [1.54, 1.807) is 0 Å². The quantitative estimate of drug-likeness (QED) is 0.490. The van der Waals surface area contributed by atoms with Crippen LogP contribution in [0.5, 0.6) is 0 Å². The van der Waals surface area contributed by atoms with Gasteiger partial charge in [-0.2, -0.15) is 0 Å². The van der Waals surface area contributed by atoms with Crippen LogP contribution in [0.25, 0.3) is 0 Å². The van der Waals surface area contributed by atoms with E-state index in [1.165, 1.54) is 5.57 Å². The topological polar surface area (TPSA) is 0 Å². The largest absolute Gasteiger partial charge is 0.103 e. The lowest BCUT2D eigenvalue weighted by atomic mass is 10.0. The molecule has 0 saturated carbocycles. The highest BCUT2D eigenvalue weighted by molar-refractivity contribution is 5.02. The maximum Gasteiger partial charge on any atom is -0.0142 e. The van der Waals surface area contributed by atoms with Crippen molar-refractivity contribution in [3.05, 3.63) is 24.8 Å². The van der Waals surface area contributed by atoms with E-state index in [4.69, 9.17) is 0 Å². The van der Waals surface area contributed by atoms with Gasteiger partial charge < -0.3 is 0 Å². The van der Waals surface area contributed by atoms with Crippen LogP contribution < -0.4 is 0 Å². The Morgan fingerprint density at radius 3 is 2.25 bits per heavy atom. The first-order chi connectivity index (χ1) is 3.68. The minimum absolute atomic E-state index is 0.605. The maximum absolute atomic E-state index is 3.87. The van der Waals surface area contributed by atoms with Crippen LogP contribution in [0.1, 0.15) is 20.3 Å². The Balaban J connectivity index is 3.48. The second-order valence-corrected chi connectivity index (χ2v) is 2.31. The van der Waals surface area contributed by atoms with Crippen molar-refractivity contribution in [1.29, 1.82) is 0 Å². The summed E-state index contributed by atoms with van der Waals surface area (Å²) in [5, 5.41) is 0. The van der Waals surface area contributed by atoms with Gasteiger partial charge in [0.15, 0.2) is 0 Å². The summed E-state index contributed by atoms with van der Waals surface area (Å²) in [7, 11) is 0. The van der Waals surface area contributed by atoms with E-state index in [0.29, 0.717) is 5.92 Å². The van der Waals surface area contributed by atoms with Crippen LogP contribution in [-0.4, -0.2) is 0 Å². The van der Waals surface area contributed by atoms with E-state index < -0.39 is 0 Å². The fourth-order valence-electron chi connectivity index (χ4n) is 0.421. The minimum Gasteiger partial charge on any atom is -0.103 e. The van der Waals surface area contributed by atoms with E-state index in [-0.39, 0.29) is 0 Å². The Morgan fingerprint density at radius 1 is 1.62 bits per heavy atom. The summed E-state index contributed by atoms with van der Waals surface area (Å²) in [6.07, 6.45) is 2.85. The highest BCUT2D eigenvalue weighted by Crippen LogP contribution is 2.10. The molecule has 0 radical (unpaired) electrons. The summed E-state index contributed by atoms with van der Waals surface area (Å²) < 4.78 is 0. The maximum atomic E-state index is 3.87. The molecule has 0 aromatic rings. The Kier molecular flexibility index (Phi) is 3.25. The van der Waals surface area contributed by atoms with Gasteiger partial charge in [0.25, 0.3) is 0 Å². The highest BCUT2D eigenvalue weighted by Gasteiger charge is 1.94. The Bertz CT molecular complexity index is 88.2. The van der Waals surface area contributed by atoms with Crippen molar-refractivity contribution >= 4 is 0 Å². The summed E-state index contributed by atoms with van der Waals surface area (Å²) >= 11 is 0. The standard InChI is InChI=1S/C8H14/c1-5-6-8(4)7(2)3/h5,7H,1,4,6H2,2-3H3. The van der Waals surface area contributed by atoms with Gasteiger partial charge in [0.1, 0.15) is 0 Å². The van der Waals surface area contributed by atoms with Crippen LogP contribution in [0.2, 0.25) is 0 Å². The molecule has 0 saturated heterocycles. The van der Waals surface area contributed by atoms with Gasteiger partial charge in [-0.25, -0.2) is 0 Å². The Morgan fingerprint density at radius 2 is 2.12 bits per heavy atom. The number of hydrogen-bond acceptors (Lipinski definition) is 0. The first-order valence-electron chi connectivity index (χ1n) is 2.97. The third-order valence-corrected chi connectivity index (χ3v) is 1.22. The molecule has 0 amide bonds. The molecule has 0 rings (SSSR count). The van der Waals surface area contributed by atoms with Gasteiger partial charge in [0, 0.05) is 0 Å². The van der Waals surface area contributed by atoms with Gasteiger partial charge in [0.2, 0.25) is 0 Å². The molecule has 0 aliphatic rings. The van der Waals surface area contributed by atoms with E-state index in [0.717, 1.165) is 6.42 Å². The van der Waals surface area contributed by atoms with Gasteiger partial charge in [-0.05, 0) is 12.3 Å². The summed E-state index contributed by atoms with van der Waals surface area (Å²) in [4.78, 5) is 0. The molecule has 0 heterocycles. The average Bonchev–Trinajstić information content (AvgIpc) is 1.67. The predicted molar refractivity (Wildman–Crippen MR) is 38.8 cm³/mol. The van der Waals surface area contributed by atoms with Gasteiger partial charge in [-0.3, -0.25) is 0 Å². The van der Waals surface area contributed by atoms with E-state index in [9.17, 15) is 0 Å². The summed E-state index contributed by atoms with van der Waals surface area (Å²) in [5.41, 5.74) is 1.26. The normalized spacial score (nSPS) is 9.38. The van der Waals surface area contributed by atoms with E-state index >= 15 is 0 Å². The zero-order valence-corrected chi connectivity index (χ0v) is 5.78. The molecule has 0 N–H and O–H groups in total. The summed E-state index contributed by atoms with van der Waals surface area (Å²) in [6.45, 7) is 11.8. The zero-order chi connectivity index (χ0) is 6.57. The number of rotatable bonds is 3. The van der Waals surface area contributed by atoms with Crippen molar-refractivity contribution < 1.29 is 0 Å². The molecule has 0 heteroatoms. The summed E-state index contributed by atoms with van der Waals surface area (Å²) in [6, 6.07) is 0. The molecule has 46 valence electrons. The van der Waals surface area contributed by atoms with Crippen LogP contribution in [0.4, 0.5) is 0 Å². The fraction of sp³-hybridized carbons (Fsp3) is 0.500. The zero-order valence-electron chi connectivity index (χ0n) is 5.78. The average molecular weight is 110 g/mol. The molecule has 0 aliphatic heterocycles. The molecule has 0 fully saturated rings. The summed E-state index contributed by atoms with van der Waals surface area (Å²) in [5.74, 6) is 0.605. The molecule has 0 aromatic heterocycles. The SMILES string of the molecule is C=CCC(=C)C(C)C. The van der Waals surface area contributed by atoms with Crippen LogP contribution in [-0.2, 0) is 0 Å². The molecule has 0 aromatic carbocycles. The molecule has 0 spiro atoms. The van der Waals surface area contributed by atoms with E-state index in [1.807, 2.05) is 6.08 Å². The van der Waals surface area contributed by atoms with E-state index in [2.05, 4.69) is 27.0 Å².